The highest BCUT2D eigenvalue weighted by Crippen LogP contribution is 2.57. The summed E-state index contributed by atoms with van der Waals surface area (Å²) in [6.07, 6.45) is 3.65. The molecule has 0 aromatic heterocycles. The summed E-state index contributed by atoms with van der Waals surface area (Å²) in [5.74, 6) is -7.75. The van der Waals surface area contributed by atoms with Crippen LogP contribution in [0.5, 0.6) is 0 Å². The third-order valence-corrected chi connectivity index (χ3v) is 6.11. The first kappa shape index (κ1) is 16.9. The summed E-state index contributed by atoms with van der Waals surface area (Å²) in [7, 11) is -6.71. The van der Waals surface area contributed by atoms with Gasteiger partial charge < -0.3 is 9.29 Å². The van der Waals surface area contributed by atoms with E-state index in [0.717, 1.165) is 19.3 Å². The number of rotatable bonds is 4. The number of halogens is 4. The molecule has 4 saturated carbocycles. The van der Waals surface area contributed by atoms with Gasteiger partial charge in [0, 0.05) is 0 Å². The summed E-state index contributed by atoms with van der Waals surface area (Å²) in [5, 5.41) is -6.04. The van der Waals surface area contributed by atoms with Crippen LogP contribution >= 0.6 is 0 Å². The molecule has 4 rings (SSSR count). The van der Waals surface area contributed by atoms with Crippen LogP contribution in [0.15, 0.2) is 0 Å². The van der Waals surface area contributed by atoms with E-state index in [9.17, 15) is 35.3 Å². The first-order valence-electron chi connectivity index (χ1n) is 7.31. The van der Waals surface area contributed by atoms with E-state index in [1.54, 1.807) is 0 Å². The van der Waals surface area contributed by atoms with E-state index < -0.39 is 32.9 Å². The van der Waals surface area contributed by atoms with Gasteiger partial charge in [0.2, 0.25) is 0 Å². The van der Waals surface area contributed by atoms with E-state index >= 15 is 0 Å². The largest absolute Gasteiger partial charge is 0.743 e. The molecular formula is C13H15F4O5S-. The van der Waals surface area contributed by atoms with Crippen LogP contribution in [0.2, 0.25) is 0 Å². The molecule has 0 spiro atoms. The number of alkyl halides is 4. The van der Waals surface area contributed by atoms with Crippen LogP contribution in [-0.2, 0) is 19.6 Å². The van der Waals surface area contributed by atoms with Gasteiger partial charge in [0.05, 0.1) is 0 Å². The van der Waals surface area contributed by atoms with E-state index in [1.165, 1.54) is 0 Å². The third kappa shape index (κ3) is 2.54. The van der Waals surface area contributed by atoms with Gasteiger partial charge in [-0.25, -0.2) is 13.2 Å². The van der Waals surface area contributed by atoms with Gasteiger partial charge in [-0.1, -0.05) is 0 Å². The van der Waals surface area contributed by atoms with E-state index in [1.807, 2.05) is 0 Å². The van der Waals surface area contributed by atoms with Gasteiger partial charge in [-0.05, 0) is 56.3 Å². The zero-order valence-electron chi connectivity index (χ0n) is 11.9. The Hall–Kier alpha value is -0.900. The number of esters is 1. The molecule has 4 aliphatic carbocycles. The second kappa shape index (κ2) is 4.81. The topological polar surface area (TPSA) is 83.5 Å². The number of ether oxygens (including phenoxy) is 1. The van der Waals surface area contributed by atoms with Crippen LogP contribution in [-0.4, -0.2) is 35.7 Å². The molecule has 0 atom stereocenters. The van der Waals surface area contributed by atoms with Crippen molar-refractivity contribution in [2.24, 2.45) is 17.8 Å². The fourth-order valence-electron chi connectivity index (χ4n) is 4.69. The Morgan fingerprint density at radius 1 is 1.00 bits per heavy atom. The molecule has 5 nitrogen and oxygen atoms in total. The molecule has 10 heteroatoms. The number of carbonyl (C=O) groups is 1. The molecular weight excluding hydrogens is 344 g/mol. The Balaban J connectivity index is 1.82. The normalized spacial score (nSPS) is 37.0. The first-order chi connectivity index (χ1) is 10.4. The molecule has 0 radical (unpaired) electrons. The molecule has 0 heterocycles. The Bertz CT molecular complexity index is 595. The Kier molecular flexibility index (Phi) is 3.54. The number of hydrogen-bond acceptors (Lipinski definition) is 5. The lowest BCUT2D eigenvalue weighted by Gasteiger charge is -2.55. The molecule has 0 aliphatic heterocycles. The minimum Gasteiger partial charge on any atom is -0.743 e. The Morgan fingerprint density at radius 3 is 1.74 bits per heavy atom. The average Bonchev–Trinajstić information content (AvgIpc) is 2.34. The molecule has 0 N–H and O–H groups in total. The van der Waals surface area contributed by atoms with Gasteiger partial charge >= 0.3 is 17.1 Å². The molecule has 4 aliphatic rings. The highest BCUT2D eigenvalue weighted by Gasteiger charge is 2.69. The second-order valence-corrected chi connectivity index (χ2v) is 8.46. The standard InChI is InChI=1S/C13H16F4O5S/c14-12(15,13(16,17)23(19,20)21)10(18)22-11-4-7-1-8(5-11)3-9(2-7)6-11/h7-9H,1-6H2,(H,19,20,21)/p-1. The van der Waals surface area contributed by atoms with Crippen molar-refractivity contribution >= 4 is 16.1 Å². The van der Waals surface area contributed by atoms with Crippen LogP contribution in [0.1, 0.15) is 38.5 Å². The lowest BCUT2D eigenvalue weighted by Crippen LogP contribution is -2.58. The molecule has 0 saturated heterocycles. The predicted octanol–water partition coefficient (Wildman–Crippen LogP) is 2.27. The van der Waals surface area contributed by atoms with Gasteiger partial charge in [0.1, 0.15) is 5.60 Å². The first-order valence-corrected chi connectivity index (χ1v) is 8.72. The van der Waals surface area contributed by atoms with Gasteiger partial charge in [0.25, 0.3) is 0 Å². The molecule has 4 fully saturated rings. The van der Waals surface area contributed by atoms with Crippen LogP contribution in [0, 0.1) is 17.8 Å². The van der Waals surface area contributed by atoms with Gasteiger partial charge in [-0.2, -0.15) is 17.6 Å². The SMILES string of the molecule is O=C(OC12CC3CC(CC(C3)C1)C2)C(F)(F)C(F)(F)S(=O)(=O)[O-]. The highest BCUT2D eigenvalue weighted by molar-refractivity contribution is 7.86. The quantitative estimate of drug-likeness (QED) is 0.437. The minimum absolute atomic E-state index is 0.200. The summed E-state index contributed by atoms with van der Waals surface area (Å²) in [6.45, 7) is 0. The number of carbonyl (C=O) groups excluding carboxylic acids is 1. The van der Waals surface area contributed by atoms with Gasteiger partial charge in [-0.3, -0.25) is 0 Å². The summed E-state index contributed by atoms with van der Waals surface area (Å²) in [4.78, 5) is 11.6. The maximum absolute atomic E-state index is 13.6. The van der Waals surface area contributed by atoms with Crippen molar-refractivity contribution in [3.63, 3.8) is 0 Å². The minimum atomic E-state index is -6.71. The zero-order chi connectivity index (χ0) is 17.3. The van der Waals surface area contributed by atoms with E-state index in [-0.39, 0.29) is 17.8 Å². The Labute approximate surface area is 130 Å². The molecule has 4 bridgehead atoms. The monoisotopic (exact) mass is 359 g/mol. The van der Waals surface area contributed by atoms with Crippen molar-refractivity contribution < 1.29 is 40.1 Å². The predicted molar refractivity (Wildman–Crippen MR) is 66.6 cm³/mol. The molecule has 0 aromatic rings. The zero-order valence-corrected chi connectivity index (χ0v) is 12.8. The van der Waals surface area contributed by atoms with E-state index in [2.05, 4.69) is 0 Å². The smallest absolute Gasteiger partial charge is 0.418 e. The maximum Gasteiger partial charge on any atom is 0.418 e. The highest BCUT2D eigenvalue weighted by atomic mass is 32.2. The molecule has 132 valence electrons. The van der Waals surface area contributed by atoms with Gasteiger partial charge in [-0.15, -0.1) is 0 Å². The lowest BCUT2D eigenvalue weighted by molar-refractivity contribution is -0.232. The fourth-order valence-corrected chi connectivity index (χ4v) is 5.09. The lowest BCUT2D eigenvalue weighted by atomic mass is 9.54. The fraction of sp³-hybridized carbons (Fsp3) is 0.923. The van der Waals surface area contributed by atoms with Crippen LogP contribution < -0.4 is 0 Å². The van der Waals surface area contributed by atoms with Crippen LogP contribution in [0.3, 0.4) is 0 Å². The molecule has 23 heavy (non-hydrogen) atoms. The van der Waals surface area contributed by atoms with Crippen molar-refractivity contribution in [1.82, 2.24) is 0 Å². The molecule has 0 amide bonds. The van der Waals surface area contributed by atoms with E-state index in [0.29, 0.717) is 19.3 Å². The second-order valence-electron chi connectivity index (χ2n) is 7.04. The molecule has 0 aromatic carbocycles. The molecule has 0 unspecified atom stereocenters. The summed E-state index contributed by atoms with van der Waals surface area (Å²) in [5.41, 5.74) is -1.24. The summed E-state index contributed by atoms with van der Waals surface area (Å²) < 4.78 is 89.3. The van der Waals surface area contributed by atoms with Crippen molar-refractivity contribution in [2.45, 2.75) is 55.3 Å². The van der Waals surface area contributed by atoms with Crippen molar-refractivity contribution in [3.8, 4) is 0 Å². The van der Waals surface area contributed by atoms with Crippen molar-refractivity contribution in [3.05, 3.63) is 0 Å². The summed E-state index contributed by atoms with van der Waals surface area (Å²) in [6, 6.07) is 0. The summed E-state index contributed by atoms with van der Waals surface area (Å²) >= 11 is 0. The van der Waals surface area contributed by atoms with Crippen LogP contribution in [0.25, 0.3) is 0 Å². The maximum atomic E-state index is 13.6. The van der Waals surface area contributed by atoms with Crippen molar-refractivity contribution in [2.75, 3.05) is 0 Å². The van der Waals surface area contributed by atoms with Crippen LogP contribution in [0.4, 0.5) is 17.6 Å². The number of hydrogen-bond donors (Lipinski definition) is 0. The van der Waals surface area contributed by atoms with Crippen molar-refractivity contribution in [1.29, 1.82) is 0 Å². The Morgan fingerprint density at radius 2 is 1.39 bits per heavy atom. The average molecular weight is 359 g/mol. The van der Waals surface area contributed by atoms with E-state index in [4.69, 9.17) is 4.74 Å². The third-order valence-electron chi connectivity index (χ3n) is 5.23. The van der Waals surface area contributed by atoms with Gasteiger partial charge in [0.15, 0.2) is 10.1 Å².